The number of ether oxygens (including phenoxy) is 1. The van der Waals surface area contributed by atoms with Crippen molar-refractivity contribution < 1.29 is 19.1 Å². The first kappa shape index (κ1) is 26.1. The molecule has 6 nitrogen and oxygen atoms in total. The fourth-order valence-corrected chi connectivity index (χ4v) is 2.88. The molecular formula is C25H36N2O4. The predicted molar refractivity (Wildman–Crippen MR) is 124 cm³/mol. The van der Waals surface area contributed by atoms with E-state index in [1.54, 1.807) is 24.3 Å². The van der Waals surface area contributed by atoms with Gasteiger partial charge in [0.1, 0.15) is 6.61 Å². The Hall–Kier alpha value is -2.89. The van der Waals surface area contributed by atoms with E-state index in [0.29, 0.717) is 37.9 Å². The van der Waals surface area contributed by atoms with E-state index >= 15 is 0 Å². The van der Waals surface area contributed by atoms with Gasteiger partial charge in [-0.3, -0.25) is 9.59 Å². The highest BCUT2D eigenvalue weighted by atomic mass is 16.5. The van der Waals surface area contributed by atoms with Gasteiger partial charge in [0.05, 0.1) is 11.1 Å². The summed E-state index contributed by atoms with van der Waals surface area (Å²) in [5, 5.41) is 5.56. The van der Waals surface area contributed by atoms with Crippen molar-refractivity contribution in [3.8, 4) is 0 Å². The first-order chi connectivity index (χ1) is 14.8. The summed E-state index contributed by atoms with van der Waals surface area (Å²) in [7, 11) is 0. The lowest BCUT2D eigenvalue weighted by molar-refractivity contribution is -0.121. The molecule has 0 aliphatic heterocycles. The third-order valence-electron chi connectivity index (χ3n) is 4.62. The monoisotopic (exact) mass is 428 g/mol. The number of unbranched alkanes of at least 4 members (excludes halogenated alkanes) is 1. The second kappa shape index (κ2) is 15.0. The second-order valence-corrected chi connectivity index (χ2v) is 7.68. The van der Waals surface area contributed by atoms with Crippen LogP contribution in [0.15, 0.2) is 47.6 Å². The quantitative estimate of drug-likeness (QED) is 0.274. The van der Waals surface area contributed by atoms with E-state index in [4.69, 9.17) is 4.74 Å². The molecule has 1 rings (SSSR count). The van der Waals surface area contributed by atoms with Crippen molar-refractivity contribution in [2.45, 2.75) is 59.8 Å². The summed E-state index contributed by atoms with van der Waals surface area (Å²) in [5.74, 6) is -0.822. The number of carbonyl (C=O) groups is 3. The Labute approximate surface area is 186 Å². The van der Waals surface area contributed by atoms with Gasteiger partial charge < -0.3 is 15.4 Å². The van der Waals surface area contributed by atoms with E-state index in [1.165, 1.54) is 5.57 Å². The van der Waals surface area contributed by atoms with Crippen LogP contribution in [0.5, 0.6) is 0 Å². The first-order valence-corrected chi connectivity index (χ1v) is 10.9. The van der Waals surface area contributed by atoms with Crippen LogP contribution < -0.4 is 10.6 Å². The SMILES string of the molecule is CCNC(=O)CCCCNC(=O)c1ccccc1C(=O)OCC=C(C)CCC=C(C)C. The van der Waals surface area contributed by atoms with E-state index in [0.717, 1.165) is 18.4 Å². The molecule has 1 aromatic rings. The van der Waals surface area contributed by atoms with Crippen molar-refractivity contribution in [1.82, 2.24) is 10.6 Å². The number of rotatable bonds is 13. The van der Waals surface area contributed by atoms with Gasteiger partial charge in [-0.05, 0) is 71.6 Å². The minimum atomic E-state index is -0.518. The summed E-state index contributed by atoms with van der Waals surface area (Å²) in [4.78, 5) is 36.4. The summed E-state index contributed by atoms with van der Waals surface area (Å²) in [5.41, 5.74) is 2.98. The third kappa shape index (κ3) is 11.2. The van der Waals surface area contributed by atoms with Gasteiger partial charge in [-0.2, -0.15) is 0 Å². The Bertz CT molecular complexity index is 792. The number of amides is 2. The number of allylic oxidation sites excluding steroid dienone is 3. The average Bonchev–Trinajstić information content (AvgIpc) is 2.73. The van der Waals surface area contributed by atoms with Gasteiger partial charge >= 0.3 is 5.97 Å². The van der Waals surface area contributed by atoms with E-state index in [2.05, 4.69) is 30.6 Å². The van der Waals surface area contributed by atoms with Crippen LogP contribution in [0.1, 0.15) is 80.5 Å². The van der Waals surface area contributed by atoms with Crippen LogP contribution in [0.4, 0.5) is 0 Å². The van der Waals surface area contributed by atoms with Crippen LogP contribution >= 0.6 is 0 Å². The number of hydrogen-bond acceptors (Lipinski definition) is 4. The molecule has 2 amide bonds. The fourth-order valence-electron chi connectivity index (χ4n) is 2.88. The highest BCUT2D eigenvalue weighted by Gasteiger charge is 2.17. The summed E-state index contributed by atoms with van der Waals surface area (Å²) < 4.78 is 5.35. The molecule has 0 saturated carbocycles. The third-order valence-corrected chi connectivity index (χ3v) is 4.62. The molecule has 0 fully saturated rings. The largest absolute Gasteiger partial charge is 0.458 e. The number of hydrogen-bond donors (Lipinski definition) is 2. The topological polar surface area (TPSA) is 84.5 Å². The van der Waals surface area contributed by atoms with Gasteiger partial charge in [0, 0.05) is 19.5 Å². The lowest BCUT2D eigenvalue weighted by Crippen LogP contribution is -2.27. The Morgan fingerprint density at radius 2 is 1.65 bits per heavy atom. The van der Waals surface area contributed by atoms with E-state index in [-0.39, 0.29) is 24.0 Å². The molecule has 0 bridgehead atoms. The minimum Gasteiger partial charge on any atom is -0.458 e. The van der Waals surface area contributed by atoms with Crippen LogP contribution in [-0.2, 0) is 9.53 Å². The van der Waals surface area contributed by atoms with Gasteiger partial charge in [-0.25, -0.2) is 4.79 Å². The lowest BCUT2D eigenvalue weighted by atomic mass is 10.1. The summed E-state index contributed by atoms with van der Waals surface area (Å²) in [6, 6.07) is 6.63. The summed E-state index contributed by atoms with van der Waals surface area (Å²) >= 11 is 0. The molecule has 0 spiro atoms. The van der Waals surface area contributed by atoms with Crippen molar-refractivity contribution in [3.05, 3.63) is 58.7 Å². The average molecular weight is 429 g/mol. The van der Waals surface area contributed by atoms with Crippen molar-refractivity contribution >= 4 is 17.8 Å². The number of esters is 1. The van der Waals surface area contributed by atoms with Crippen LogP contribution in [-0.4, -0.2) is 37.5 Å². The van der Waals surface area contributed by atoms with Crippen molar-refractivity contribution in [2.24, 2.45) is 0 Å². The Morgan fingerprint density at radius 3 is 2.32 bits per heavy atom. The maximum atomic E-state index is 12.5. The zero-order valence-corrected chi connectivity index (χ0v) is 19.3. The van der Waals surface area contributed by atoms with Crippen LogP contribution in [0.25, 0.3) is 0 Å². The molecule has 0 unspecified atom stereocenters. The minimum absolute atomic E-state index is 0.0168. The Morgan fingerprint density at radius 1 is 0.935 bits per heavy atom. The molecule has 0 aromatic heterocycles. The molecule has 0 saturated heterocycles. The van der Waals surface area contributed by atoms with Gasteiger partial charge in [-0.1, -0.05) is 29.4 Å². The van der Waals surface area contributed by atoms with Crippen molar-refractivity contribution in [3.63, 3.8) is 0 Å². The molecule has 0 aliphatic carbocycles. The van der Waals surface area contributed by atoms with Gasteiger partial charge in [-0.15, -0.1) is 0 Å². The van der Waals surface area contributed by atoms with E-state index in [9.17, 15) is 14.4 Å². The number of nitrogens with one attached hydrogen (secondary N) is 2. The molecular weight excluding hydrogens is 392 g/mol. The van der Waals surface area contributed by atoms with Crippen LogP contribution in [0.3, 0.4) is 0 Å². The van der Waals surface area contributed by atoms with Gasteiger partial charge in [0.2, 0.25) is 5.91 Å². The molecule has 0 aliphatic rings. The second-order valence-electron chi connectivity index (χ2n) is 7.68. The van der Waals surface area contributed by atoms with E-state index in [1.807, 2.05) is 19.9 Å². The smallest absolute Gasteiger partial charge is 0.339 e. The first-order valence-electron chi connectivity index (χ1n) is 10.9. The zero-order chi connectivity index (χ0) is 23.1. The van der Waals surface area contributed by atoms with Crippen molar-refractivity contribution in [2.75, 3.05) is 19.7 Å². The van der Waals surface area contributed by atoms with Crippen LogP contribution in [0, 0.1) is 0 Å². The molecule has 170 valence electrons. The summed E-state index contributed by atoms with van der Waals surface area (Å²) in [6.45, 7) is 9.27. The standard InChI is InChI=1S/C25H36N2O4/c1-5-26-23(28)15-8-9-17-27-24(29)21-13-6-7-14-22(21)25(30)31-18-16-20(4)12-10-11-19(2)3/h6-7,11,13-14,16H,5,8-10,12,15,17-18H2,1-4H3,(H,26,28)(H,27,29). The molecule has 0 heterocycles. The highest BCUT2D eigenvalue weighted by molar-refractivity contribution is 6.05. The Kier molecular flexibility index (Phi) is 12.6. The van der Waals surface area contributed by atoms with Crippen LogP contribution in [0.2, 0.25) is 0 Å². The molecule has 0 atom stereocenters. The van der Waals surface area contributed by atoms with Crippen molar-refractivity contribution in [1.29, 1.82) is 0 Å². The fraction of sp³-hybridized carbons (Fsp3) is 0.480. The predicted octanol–water partition coefficient (Wildman–Crippen LogP) is 4.57. The lowest BCUT2D eigenvalue weighted by Gasteiger charge is -2.10. The summed E-state index contributed by atoms with van der Waals surface area (Å²) in [6.07, 6.45) is 7.77. The van der Waals surface area contributed by atoms with E-state index < -0.39 is 5.97 Å². The number of carbonyl (C=O) groups excluding carboxylic acids is 3. The molecule has 31 heavy (non-hydrogen) atoms. The zero-order valence-electron chi connectivity index (χ0n) is 19.3. The van der Waals surface area contributed by atoms with Gasteiger partial charge in [0.15, 0.2) is 0 Å². The molecule has 1 aromatic carbocycles. The molecule has 6 heteroatoms. The Balaban J connectivity index is 2.52. The molecule has 2 N–H and O–H groups in total. The maximum Gasteiger partial charge on any atom is 0.339 e. The number of benzene rings is 1. The normalized spacial score (nSPS) is 10.9. The molecule has 0 radical (unpaired) electrons. The maximum absolute atomic E-state index is 12.5. The van der Waals surface area contributed by atoms with Gasteiger partial charge in [0.25, 0.3) is 5.91 Å². The highest BCUT2D eigenvalue weighted by Crippen LogP contribution is 2.12.